The molecule has 0 saturated heterocycles. The Kier molecular flexibility index (Phi) is 5.28. The highest BCUT2D eigenvalue weighted by molar-refractivity contribution is 9.10. The van der Waals surface area contributed by atoms with E-state index in [1.165, 1.54) is 12.1 Å². The number of rotatable bonds is 6. The molecule has 1 aromatic carbocycles. The molecule has 0 radical (unpaired) electrons. The molecular formula is C16H18BrFN2O. The van der Waals surface area contributed by atoms with Crippen molar-refractivity contribution in [2.45, 2.75) is 39.7 Å². The number of aryl methyl sites for hydroxylation is 2. The highest BCUT2D eigenvalue weighted by Gasteiger charge is 2.17. The predicted molar refractivity (Wildman–Crippen MR) is 83.8 cm³/mol. The molecule has 21 heavy (non-hydrogen) atoms. The number of halogens is 2. The fraction of sp³-hybridized carbons (Fsp3) is 0.375. The second-order valence-corrected chi connectivity index (χ2v) is 5.69. The topological polar surface area (TPSA) is 34.9 Å². The van der Waals surface area contributed by atoms with E-state index < -0.39 is 0 Å². The van der Waals surface area contributed by atoms with Gasteiger partial charge in [0, 0.05) is 19.4 Å². The SMILES string of the molecule is CCc1nn(CC)c(CC(=O)Cc2ccc(F)cc2)c1Br. The van der Waals surface area contributed by atoms with Crippen LogP contribution in [0, 0.1) is 5.82 Å². The smallest absolute Gasteiger partial charge is 0.143 e. The quantitative estimate of drug-likeness (QED) is 0.793. The van der Waals surface area contributed by atoms with E-state index in [0.717, 1.165) is 34.4 Å². The highest BCUT2D eigenvalue weighted by atomic mass is 79.9. The summed E-state index contributed by atoms with van der Waals surface area (Å²) in [6.07, 6.45) is 1.47. The number of aromatic nitrogens is 2. The molecule has 0 atom stereocenters. The van der Waals surface area contributed by atoms with Crippen LogP contribution < -0.4 is 0 Å². The van der Waals surface area contributed by atoms with Crippen LogP contribution in [-0.4, -0.2) is 15.6 Å². The minimum absolute atomic E-state index is 0.0968. The lowest BCUT2D eigenvalue weighted by atomic mass is 10.1. The molecule has 0 unspecified atom stereocenters. The number of benzene rings is 1. The average Bonchev–Trinajstić information content (AvgIpc) is 2.77. The number of ketones is 1. The second-order valence-electron chi connectivity index (χ2n) is 4.90. The average molecular weight is 353 g/mol. The molecule has 0 saturated carbocycles. The van der Waals surface area contributed by atoms with E-state index in [4.69, 9.17) is 0 Å². The molecule has 0 N–H and O–H groups in total. The second kappa shape index (κ2) is 6.98. The van der Waals surface area contributed by atoms with Crippen molar-refractivity contribution < 1.29 is 9.18 Å². The van der Waals surface area contributed by atoms with Crippen LogP contribution in [0.4, 0.5) is 4.39 Å². The fourth-order valence-corrected chi connectivity index (χ4v) is 2.97. The highest BCUT2D eigenvalue weighted by Crippen LogP contribution is 2.23. The van der Waals surface area contributed by atoms with E-state index in [1.807, 2.05) is 18.5 Å². The van der Waals surface area contributed by atoms with Gasteiger partial charge in [-0.05, 0) is 47.0 Å². The Labute approximate surface area is 132 Å². The fourth-order valence-electron chi connectivity index (χ4n) is 2.27. The summed E-state index contributed by atoms with van der Waals surface area (Å²) in [6.45, 7) is 4.78. The Balaban J connectivity index is 2.12. The van der Waals surface area contributed by atoms with Crippen LogP contribution in [0.2, 0.25) is 0 Å². The van der Waals surface area contributed by atoms with Crippen LogP contribution in [-0.2, 0) is 30.6 Å². The van der Waals surface area contributed by atoms with Crippen molar-refractivity contribution in [2.24, 2.45) is 0 Å². The van der Waals surface area contributed by atoms with Gasteiger partial charge in [-0.2, -0.15) is 5.10 Å². The molecule has 1 aromatic heterocycles. The maximum Gasteiger partial charge on any atom is 0.143 e. The van der Waals surface area contributed by atoms with Gasteiger partial charge in [0.25, 0.3) is 0 Å². The van der Waals surface area contributed by atoms with Gasteiger partial charge in [-0.1, -0.05) is 19.1 Å². The van der Waals surface area contributed by atoms with Crippen molar-refractivity contribution >= 4 is 21.7 Å². The summed E-state index contributed by atoms with van der Waals surface area (Å²) in [6, 6.07) is 6.06. The minimum atomic E-state index is -0.286. The number of nitrogens with zero attached hydrogens (tertiary/aromatic N) is 2. The van der Waals surface area contributed by atoms with Crippen LogP contribution in [0.5, 0.6) is 0 Å². The molecule has 0 aliphatic rings. The molecule has 112 valence electrons. The predicted octanol–water partition coefficient (Wildman–Crippen LogP) is 3.72. The molecule has 0 fully saturated rings. The first-order valence-corrected chi connectivity index (χ1v) is 7.84. The van der Waals surface area contributed by atoms with E-state index in [2.05, 4.69) is 21.0 Å². The normalized spacial score (nSPS) is 10.9. The third-order valence-corrected chi connectivity index (χ3v) is 4.29. The van der Waals surface area contributed by atoms with E-state index in [1.54, 1.807) is 12.1 Å². The number of carbonyl (C=O) groups excluding carboxylic acids is 1. The monoisotopic (exact) mass is 352 g/mol. The first-order chi connectivity index (χ1) is 10.0. The maximum absolute atomic E-state index is 12.9. The van der Waals surface area contributed by atoms with Crippen molar-refractivity contribution in [3.63, 3.8) is 0 Å². The summed E-state index contributed by atoms with van der Waals surface area (Å²) in [5.41, 5.74) is 2.72. The molecule has 0 aliphatic carbocycles. The van der Waals surface area contributed by atoms with Crippen molar-refractivity contribution in [1.82, 2.24) is 9.78 Å². The Morgan fingerprint density at radius 3 is 2.48 bits per heavy atom. The van der Waals surface area contributed by atoms with Crippen molar-refractivity contribution in [2.75, 3.05) is 0 Å². The Hall–Kier alpha value is -1.49. The lowest BCUT2D eigenvalue weighted by molar-refractivity contribution is -0.117. The standard InChI is InChI=1S/C16H18BrFN2O/c1-3-14-16(17)15(20(4-2)19-14)10-13(21)9-11-5-7-12(18)8-6-11/h5-8H,3-4,9-10H2,1-2H3. The number of carbonyl (C=O) groups is 1. The van der Waals surface area contributed by atoms with Gasteiger partial charge in [-0.25, -0.2) is 4.39 Å². The Morgan fingerprint density at radius 2 is 1.90 bits per heavy atom. The Morgan fingerprint density at radius 1 is 1.24 bits per heavy atom. The van der Waals surface area contributed by atoms with Gasteiger partial charge in [0.05, 0.1) is 15.9 Å². The van der Waals surface area contributed by atoms with Gasteiger partial charge in [-0.3, -0.25) is 9.48 Å². The third kappa shape index (κ3) is 3.79. The van der Waals surface area contributed by atoms with Crippen LogP contribution in [0.1, 0.15) is 30.8 Å². The van der Waals surface area contributed by atoms with Crippen LogP contribution in [0.25, 0.3) is 0 Å². The first kappa shape index (κ1) is 15.9. The zero-order chi connectivity index (χ0) is 15.4. The molecule has 0 aliphatic heterocycles. The molecule has 2 rings (SSSR count). The van der Waals surface area contributed by atoms with Gasteiger partial charge in [-0.15, -0.1) is 0 Å². The van der Waals surface area contributed by atoms with E-state index in [0.29, 0.717) is 12.8 Å². The van der Waals surface area contributed by atoms with Crippen molar-refractivity contribution in [3.8, 4) is 0 Å². The van der Waals surface area contributed by atoms with Crippen molar-refractivity contribution in [1.29, 1.82) is 0 Å². The van der Waals surface area contributed by atoms with E-state index >= 15 is 0 Å². The van der Waals surface area contributed by atoms with Crippen LogP contribution in [0.3, 0.4) is 0 Å². The van der Waals surface area contributed by atoms with Gasteiger partial charge in [0.1, 0.15) is 11.6 Å². The van der Waals surface area contributed by atoms with Crippen LogP contribution >= 0.6 is 15.9 Å². The number of Topliss-reactive ketones (excluding diaryl/α,β-unsaturated/α-hetero) is 1. The molecule has 3 nitrogen and oxygen atoms in total. The largest absolute Gasteiger partial charge is 0.299 e. The Bertz CT molecular complexity index is 634. The summed E-state index contributed by atoms with van der Waals surface area (Å²) >= 11 is 3.54. The molecule has 0 spiro atoms. The lowest BCUT2D eigenvalue weighted by Crippen LogP contribution is -2.12. The van der Waals surface area contributed by atoms with E-state index in [-0.39, 0.29) is 11.6 Å². The summed E-state index contributed by atoms with van der Waals surface area (Å²) in [5.74, 6) is -0.190. The summed E-state index contributed by atoms with van der Waals surface area (Å²) < 4.78 is 15.7. The lowest BCUT2D eigenvalue weighted by Gasteiger charge is -2.05. The maximum atomic E-state index is 12.9. The van der Waals surface area contributed by atoms with Crippen LogP contribution in [0.15, 0.2) is 28.7 Å². The zero-order valence-electron chi connectivity index (χ0n) is 12.2. The van der Waals surface area contributed by atoms with Gasteiger partial charge in [0.15, 0.2) is 0 Å². The first-order valence-electron chi connectivity index (χ1n) is 7.05. The summed E-state index contributed by atoms with van der Waals surface area (Å²) in [7, 11) is 0. The summed E-state index contributed by atoms with van der Waals surface area (Å²) in [4.78, 5) is 12.2. The summed E-state index contributed by atoms with van der Waals surface area (Å²) in [5, 5.41) is 4.49. The zero-order valence-corrected chi connectivity index (χ0v) is 13.8. The number of hydrogen-bond acceptors (Lipinski definition) is 2. The molecular weight excluding hydrogens is 335 g/mol. The molecule has 0 bridgehead atoms. The van der Waals surface area contributed by atoms with Crippen molar-refractivity contribution in [3.05, 3.63) is 51.5 Å². The number of hydrogen-bond donors (Lipinski definition) is 0. The van der Waals surface area contributed by atoms with Gasteiger partial charge >= 0.3 is 0 Å². The van der Waals surface area contributed by atoms with Gasteiger partial charge < -0.3 is 0 Å². The molecule has 5 heteroatoms. The molecule has 0 amide bonds. The van der Waals surface area contributed by atoms with E-state index in [9.17, 15) is 9.18 Å². The molecule has 1 heterocycles. The molecule has 2 aromatic rings. The minimum Gasteiger partial charge on any atom is -0.299 e. The third-order valence-electron chi connectivity index (χ3n) is 3.37. The van der Waals surface area contributed by atoms with Gasteiger partial charge in [0.2, 0.25) is 0 Å².